The minimum atomic E-state index is -0.748. The van der Waals surface area contributed by atoms with Gasteiger partial charge in [-0.25, -0.2) is 0 Å². The molecule has 0 saturated heterocycles. The summed E-state index contributed by atoms with van der Waals surface area (Å²) in [6.07, 6.45) is 0. The third-order valence-electron chi connectivity index (χ3n) is 8.58. The summed E-state index contributed by atoms with van der Waals surface area (Å²) in [6.45, 7) is 4.11. The summed E-state index contributed by atoms with van der Waals surface area (Å²) in [7, 11) is 0. The van der Waals surface area contributed by atoms with E-state index in [0.717, 1.165) is 33.4 Å². The van der Waals surface area contributed by atoms with Crippen molar-refractivity contribution in [2.75, 3.05) is 0 Å². The molecular weight excluding hydrogens is 504 g/mol. The van der Waals surface area contributed by atoms with Gasteiger partial charge in [-0.05, 0) is 49.2 Å². The lowest BCUT2D eigenvalue weighted by atomic mass is 9.66. The van der Waals surface area contributed by atoms with Crippen molar-refractivity contribution in [1.82, 2.24) is 0 Å². The van der Waals surface area contributed by atoms with Crippen LogP contribution in [0.15, 0.2) is 97.1 Å². The van der Waals surface area contributed by atoms with Gasteiger partial charge in [-0.2, -0.15) is 0 Å². The molecule has 5 aromatic carbocycles. The molecule has 0 amide bonds. The zero-order chi connectivity index (χ0) is 27.8. The van der Waals surface area contributed by atoms with Crippen molar-refractivity contribution in [3.8, 4) is 46.0 Å². The van der Waals surface area contributed by atoms with E-state index in [2.05, 4.69) is 13.8 Å². The van der Waals surface area contributed by atoms with Crippen LogP contribution in [0, 0.1) is 0 Å². The minimum Gasteiger partial charge on any atom is -0.504 e. The van der Waals surface area contributed by atoms with Gasteiger partial charge in [-0.1, -0.05) is 72.8 Å². The molecule has 198 valence electrons. The van der Waals surface area contributed by atoms with Crippen LogP contribution in [0.3, 0.4) is 0 Å². The molecule has 0 atom stereocenters. The quantitative estimate of drug-likeness (QED) is 0.189. The molecule has 5 aromatic rings. The van der Waals surface area contributed by atoms with Gasteiger partial charge in [0.05, 0.1) is 0 Å². The molecule has 0 fully saturated rings. The summed E-state index contributed by atoms with van der Waals surface area (Å²) in [5, 5.41) is 42.7. The summed E-state index contributed by atoms with van der Waals surface area (Å²) in [4.78, 5) is 0. The van der Waals surface area contributed by atoms with Crippen LogP contribution in [0.4, 0.5) is 0 Å². The average Bonchev–Trinajstić information content (AvgIpc) is 2.96. The van der Waals surface area contributed by atoms with Gasteiger partial charge in [0.2, 0.25) is 0 Å². The normalized spacial score (nSPS) is 15.4. The number of hydrogen-bond acceptors (Lipinski definition) is 6. The first kappa shape index (κ1) is 24.0. The van der Waals surface area contributed by atoms with Crippen molar-refractivity contribution in [2.45, 2.75) is 24.7 Å². The lowest BCUT2D eigenvalue weighted by Gasteiger charge is -2.40. The van der Waals surface area contributed by atoms with E-state index in [1.54, 1.807) is 48.5 Å². The molecule has 0 aliphatic carbocycles. The highest BCUT2D eigenvalue weighted by atomic mass is 16.5. The highest BCUT2D eigenvalue weighted by Crippen LogP contribution is 2.58. The lowest BCUT2D eigenvalue weighted by molar-refractivity contribution is 0.357. The molecule has 0 bridgehead atoms. The third kappa shape index (κ3) is 3.04. The Morgan fingerprint density at radius 3 is 0.900 bits per heavy atom. The fourth-order valence-corrected chi connectivity index (χ4v) is 6.36. The van der Waals surface area contributed by atoms with Crippen LogP contribution in [0.2, 0.25) is 0 Å². The number of rotatable bonds is 2. The van der Waals surface area contributed by atoms with Crippen LogP contribution >= 0.6 is 0 Å². The Morgan fingerprint density at radius 2 is 0.650 bits per heavy atom. The summed E-state index contributed by atoms with van der Waals surface area (Å²) >= 11 is 0. The summed E-state index contributed by atoms with van der Waals surface area (Å²) in [5.41, 5.74) is 3.48. The number of hydrogen-bond donors (Lipinski definition) is 4. The maximum Gasteiger partial charge on any atom is 0.173 e. The summed E-state index contributed by atoms with van der Waals surface area (Å²) in [6, 6.07) is 29.3. The molecule has 0 radical (unpaired) electrons. The SMILES string of the molecule is CC1(c2ccc(C3(C)c4cccc(O)c4Oc4c(O)cccc43)cc2)c2cccc(O)c2Oc2c(O)cccc21. The smallest absolute Gasteiger partial charge is 0.173 e. The summed E-state index contributed by atoms with van der Waals surface area (Å²) in [5.74, 6) is 1.24. The number of para-hydroxylation sites is 4. The van der Waals surface area contributed by atoms with Gasteiger partial charge < -0.3 is 29.9 Å². The Labute approximate surface area is 231 Å². The first-order valence-corrected chi connectivity index (χ1v) is 13.0. The second kappa shape index (κ2) is 8.20. The zero-order valence-corrected chi connectivity index (χ0v) is 21.8. The lowest BCUT2D eigenvalue weighted by Crippen LogP contribution is -2.31. The fourth-order valence-electron chi connectivity index (χ4n) is 6.36. The van der Waals surface area contributed by atoms with Gasteiger partial charge >= 0.3 is 0 Å². The van der Waals surface area contributed by atoms with Crippen molar-refractivity contribution in [2.24, 2.45) is 0 Å². The first-order chi connectivity index (χ1) is 19.2. The second-order valence-corrected chi connectivity index (χ2v) is 10.6. The van der Waals surface area contributed by atoms with Gasteiger partial charge in [-0.3, -0.25) is 0 Å². The zero-order valence-electron chi connectivity index (χ0n) is 21.8. The number of phenolic OH excluding ortho intramolecular Hbond substituents is 4. The molecule has 0 aromatic heterocycles. The van der Waals surface area contributed by atoms with Crippen LogP contribution in [0.1, 0.15) is 47.2 Å². The van der Waals surface area contributed by atoms with Crippen LogP contribution in [-0.2, 0) is 10.8 Å². The number of phenols is 4. The van der Waals surface area contributed by atoms with Crippen LogP contribution in [0.25, 0.3) is 0 Å². The molecule has 0 unspecified atom stereocenters. The van der Waals surface area contributed by atoms with E-state index in [1.165, 1.54) is 0 Å². The van der Waals surface area contributed by atoms with Gasteiger partial charge in [0, 0.05) is 33.1 Å². The molecule has 7 rings (SSSR count). The van der Waals surface area contributed by atoms with E-state index in [4.69, 9.17) is 9.47 Å². The number of benzene rings is 5. The molecule has 0 spiro atoms. The van der Waals surface area contributed by atoms with Gasteiger partial charge in [0.1, 0.15) is 0 Å². The van der Waals surface area contributed by atoms with E-state index in [-0.39, 0.29) is 23.0 Å². The second-order valence-electron chi connectivity index (χ2n) is 10.6. The molecule has 0 saturated carbocycles. The van der Waals surface area contributed by atoms with Crippen molar-refractivity contribution in [3.05, 3.63) is 130 Å². The highest BCUT2D eigenvalue weighted by molar-refractivity contribution is 5.70. The topological polar surface area (TPSA) is 99.4 Å². The average molecular weight is 531 g/mol. The maximum absolute atomic E-state index is 10.7. The Kier molecular flexibility index (Phi) is 4.91. The van der Waals surface area contributed by atoms with Gasteiger partial charge in [0.15, 0.2) is 46.0 Å². The van der Waals surface area contributed by atoms with Gasteiger partial charge in [-0.15, -0.1) is 0 Å². The van der Waals surface area contributed by atoms with Crippen molar-refractivity contribution in [1.29, 1.82) is 0 Å². The van der Waals surface area contributed by atoms with E-state index >= 15 is 0 Å². The van der Waals surface area contributed by atoms with E-state index in [9.17, 15) is 20.4 Å². The fraction of sp³-hybridized carbons (Fsp3) is 0.118. The van der Waals surface area contributed by atoms with Gasteiger partial charge in [0.25, 0.3) is 0 Å². The van der Waals surface area contributed by atoms with Crippen LogP contribution in [-0.4, -0.2) is 20.4 Å². The van der Waals surface area contributed by atoms with E-state index in [0.29, 0.717) is 23.0 Å². The van der Waals surface area contributed by atoms with Crippen LogP contribution < -0.4 is 9.47 Å². The number of ether oxygens (including phenoxy) is 2. The van der Waals surface area contributed by atoms with Crippen LogP contribution in [0.5, 0.6) is 46.0 Å². The van der Waals surface area contributed by atoms with Crippen molar-refractivity contribution < 1.29 is 29.9 Å². The molecule has 40 heavy (non-hydrogen) atoms. The Morgan fingerprint density at radius 1 is 0.400 bits per heavy atom. The predicted molar refractivity (Wildman–Crippen MR) is 150 cm³/mol. The Hall–Kier alpha value is -5.10. The monoisotopic (exact) mass is 530 g/mol. The number of fused-ring (bicyclic) bond motifs is 4. The first-order valence-electron chi connectivity index (χ1n) is 13.0. The molecule has 6 nitrogen and oxygen atoms in total. The van der Waals surface area contributed by atoms with Crippen molar-refractivity contribution in [3.63, 3.8) is 0 Å². The minimum absolute atomic E-state index is 0.00297. The molecule has 6 heteroatoms. The van der Waals surface area contributed by atoms with E-state index < -0.39 is 10.8 Å². The standard InChI is InChI=1S/C34H26O6/c1-33(21-7-3-11-25(35)29(21)39-30-22(33)8-4-12-26(30)36)19-15-17-20(18-16-19)34(2)23-9-5-13-27(37)31(23)40-32-24(34)10-6-14-28(32)38/h3-18,35-38H,1-2H3. The van der Waals surface area contributed by atoms with Crippen molar-refractivity contribution >= 4 is 0 Å². The molecular formula is C34H26O6. The predicted octanol–water partition coefficient (Wildman–Crippen LogP) is 7.43. The molecule has 2 aliphatic heterocycles. The van der Waals surface area contributed by atoms with E-state index in [1.807, 2.05) is 48.5 Å². The molecule has 2 heterocycles. The summed E-state index contributed by atoms with van der Waals surface area (Å²) < 4.78 is 12.1. The number of aromatic hydroxyl groups is 4. The maximum atomic E-state index is 10.7. The Bertz CT molecular complexity index is 1590. The molecule has 2 aliphatic rings. The largest absolute Gasteiger partial charge is 0.504 e. The highest BCUT2D eigenvalue weighted by Gasteiger charge is 2.44. The third-order valence-corrected chi connectivity index (χ3v) is 8.58. The Balaban J connectivity index is 1.44. The molecule has 4 N–H and O–H groups in total.